The molecule has 2 aromatic heterocycles. The number of amides is 1. The molecule has 0 aliphatic carbocycles. The Labute approximate surface area is 123 Å². The molecule has 0 saturated heterocycles. The lowest BCUT2D eigenvalue weighted by atomic mass is 9.96. The van der Waals surface area contributed by atoms with Gasteiger partial charge in [0.1, 0.15) is 22.9 Å². The number of nitrogens with one attached hydrogen (secondary N) is 1. The van der Waals surface area contributed by atoms with Crippen molar-refractivity contribution in [3.8, 4) is 0 Å². The molecule has 1 amide bonds. The van der Waals surface area contributed by atoms with E-state index in [9.17, 15) is 9.90 Å². The quantitative estimate of drug-likeness (QED) is 0.829. The van der Waals surface area contributed by atoms with Crippen LogP contribution in [0.15, 0.2) is 39.4 Å². The van der Waals surface area contributed by atoms with Crippen LogP contribution in [-0.2, 0) is 10.4 Å². The van der Waals surface area contributed by atoms with Crippen molar-refractivity contribution in [1.29, 1.82) is 0 Å². The molecule has 21 heavy (non-hydrogen) atoms. The summed E-state index contributed by atoms with van der Waals surface area (Å²) in [5.41, 5.74) is -0.508. The van der Waals surface area contributed by atoms with Crippen molar-refractivity contribution in [1.82, 2.24) is 5.32 Å². The number of hydrogen-bond acceptors (Lipinski definition) is 4. The van der Waals surface area contributed by atoms with E-state index in [0.29, 0.717) is 17.1 Å². The normalized spacial score (nSPS) is 14.3. The van der Waals surface area contributed by atoms with Gasteiger partial charge in [-0.1, -0.05) is 0 Å². The summed E-state index contributed by atoms with van der Waals surface area (Å²) < 4.78 is 10.5. The molecule has 0 fully saturated rings. The van der Waals surface area contributed by atoms with E-state index in [1.807, 2.05) is 6.92 Å². The molecule has 2 N–H and O–H groups in total. The van der Waals surface area contributed by atoms with E-state index >= 15 is 0 Å². The first-order valence-electron chi connectivity index (χ1n) is 6.68. The number of carbonyl (C=O) groups excluding carboxylic acids is 1. The molecule has 0 saturated carbocycles. The van der Waals surface area contributed by atoms with E-state index in [1.165, 1.54) is 12.3 Å². The van der Waals surface area contributed by atoms with E-state index < -0.39 is 5.60 Å². The highest BCUT2D eigenvalue weighted by Crippen LogP contribution is 2.26. The van der Waals surface area contributed by atoms with Crippen molar-refractivity contribution >= 4 is 12.0 Å². The lowest BCUT2D eigenvalue weighted by molar-refractivity contribution is -0.117. The van der Waals surface area contributed by atoms with Gasteiger partial charge in [0.2, 0.25) is 5.91 Å². The smallest absolute Gasteiger partial charge is 0.244 e. The average Bonchev–Trinajstić information content (AvgIpc) is 3.04. The molecule has 2 rings (SSSR count). The molecule has 0 aliphatic heterocycles. The molecule has 2 heterocycles. The van der Waals surface area contributed by atoms with Gasteiger partial charge in [0, 0.05) is 11.6 Å². The topological polar surface area (TPSA) is 75.6 Å². The summed E-state index contributed by atoms with van der Waals surface area (Å²) in [6.45, 7) is 5.33. The second kappa shape index (κ2) is 6.01. The molecule has 1 unspecified atom stereocenters. The summed E-state index contributed by atoms with van der Waals surface area (Å²) >= 11 is 0. The fourth-order valence-corrected chi connectivity index (χ4v) is 2.12. The van der Waals surface area contributed by atoms with E-state index in [0.717, 1.165) is 5.76 Å². The van der Waals surface area contributed by atoms with Gasteiger partial charge in [0.15, 0.2) is 0 Å². The molecule has 2 aromatic rings. The Morgan fingerprint density at radius 1 is 1.48 bits per heavy atom. The monoisotopic (exact) mass is 289 g/mol. The lowest BCUT2D eigenvalue weighted by Crippen LogP contribution is -2.38. The summed E-state index contributed by atoms with van der Waals surface area (Å²) in [6, 6.07) is 5.27. The van der Waals surface area contributed by atoms with E-state index in [2.05, 4.69) is 5.32 Å². The maximum absolute atomic E-state index is 11.7. The first-order valence-corrected chi connectivity index (χ1v) is 6.68. The van der Waals surface area contributed by atoms with Gasteiger partial charge >= 0.3 is 0 Å². The molecule has 5 heteroatoms. The van der Waals surface area contributed by atoms with Crippen LogP contribution < -0.4 is 5.32 Å². The molecule has 112 valence electrons. The number of aliphatic hydroxyl groups is 1. The van der Waals surface area contributed by atoms with Gasteiger partial charge in [0.25, 0.3) is 0 Å². The van der Waals surface area contributed by atoms with Gasteiger partial charge in [-0.15, -0.1) is 0 Å². The van der Waals surface area contributed by atoms with Crippen molar-refractivity contribution in [2.45, 2.75) is 26.4 Å². The Morgan fingerprint density at radius 3 is 2.81 bits per heavy atom. The predicted molar refractivity (Wildman–Crippen MR) is 78.5 cm³/mol. The van der Waals surface area contributed by atoms with E-state index in [-0.39, 0.29) is 12.5 Å². The van der Waals surface area contributed by atoms with Crippen molar-refractivity contribution in [3.63, 3.8) is 0 Å². The Bertz CT molecular complexity index is 635. The first-order chi connectivity index (χ1) is 9.88. The van der Waals surface area contributed by atoms with Gasteiger partial charge < -0.3 is 19.3 Å². The van der Waals surface area contributed by atoms with Crippen LogP contribution in [-0.4, -0.2) is 17.6 Å². The van der Waals surface area contributed by atoms with E-state index in [1.54, 1.807) is 38.1 Å². The molecular formula is C16H19NO4. The van der Waals surface area contributed by atoms with Crippen molar-refractivity contribution in [2.24, 2.45) is 0 Å². The lowest BCUT2D eigenvalue weighted by Gasteiger charge is -2.22. The van der Waals surface area contributed by atoms with Crippen LogP contribution in [0, 0.1) is 13.8 Å². The average molecular weight is 289 g/mol. The third kappa shape index (κ3) is 3.86. The zero-order chi connectivity index (χ0) is 15.5. The Balaban J connectivity index is 1.95. The first kappa shape index (κ1) is 15.1. The largest absolute Gasteiger partial charge is 0.466 e. The van der Waals surface area contributed by atoms with Gasteiger partial charge in [-0.25, -0.2) is 0 Å². The summed E-state index contributed by atoms with van der Waals surface area (Å²) in [6.07, 6.45) is 4.46. The third-order valence-electron chi connectivity index (χ3n) is 3.17. The number of carbonyl (C=O) groups is 1. The zero-order valence-corrected chi connectivity index (χ0v) is 12.3. The number of hydrogen-bond donors (Lipinski definition) is 2. The second-order valence-corrected chi connectivity index (χ2v) is 5.17. The molecule has 0 radical (unpaired) electrons. The Hall–Kier alpha value is -2.27. The fraction of sp³-hybridized carbons (Fsp3) is 0.312. The molecular weight excluding hydrogens is 270 g/mol. The van der Waals surface area contributed by atoms with Gasteiger partial charge in [-0.05, 0) is 45.0 Å². The van der Waals surface area contributed by atoms with Crippen LogP contribution in [0.1, 0.15) is 29.8 Å². The van der Waals surface area contributed by atoms with Crippen LogP contribution in [0.5, 0.6) is 0 Å². The van der Waals surface area contributed by atoms with Crippen LogP contribution in [0.3, 0.4) is 0 Å². The minimum atomic E-state index is -1.18. The van der Waals surface area contributed by atoms with Crippen molar-refractivity contribution < 1.29 is 18.7 Å². The predicted octanol–water partition coefficient (Wildman–Crippen LogP) is 2.53. The molecule has 0 aliphatic rings. The van der Waals surface area contributed by atoms with Crippen molar-refractivity contribution in [2.75, 3.05) is 6.54 Å². The number of rotatable bonds is 5. The highest BCUT2D eigenvalue weighted by molar-refractivity contribution is 5.91. The Morgan fingerprint density at radius 2 is 2.24 bits per heavy atom. The van der Waals surface area contributed by atoms with Gasteiger partial charge in [-0.2, -0.15) is 0 Å². The second-order valence-electron chi connectivity index (χ2n) is 5.17. The van der Waals surface area contributed by atoms with Crippen LogP contribution >= 0.6 is 0 Å². The van der Waals surface area contributed by atoms with Crippen LogP contribution in [0.25, 0.3) is 6.08 Å². The molecule has 0 spiro atoms. The van der Waals surface area contributed by atoms with Gasteiger partial charge in [0.05, 0.1) is 12.8 Å². The molecule has 5 nitrogen and oxygen atoms in total. The zero-order valence-electron chi connectivity index (χ0n) is 12.3. The van der Waals surface area contributed by atoms with E-state index in [4.69, 9.17) is 8.83 Å². The standard InChI is InChI=1S/C16H19NO4/c1-11-9-14(12(2)21-11)16(3,19)10-17-15(18)7-6-13-5-4-8-20-13/h4-9,19H,10H2,1-3H3,(H,17,18). The summed E-state index contributed by atoms with van der Waals surface area (Å²) in [7, 11) is 0. The van der Waals surface area contributed by atoms with Crippen LogP contribution in [0.4, 0.5) is 0 Å². The molecule has 1 atom stereocenters. The molecule has 0 bridgehead atoms. The minimum absolute atomic E-state index is 0.0914. The third-order valence-corrected chi connectivity index (χ3v) is 3.17. The summed E-state index contributed by atoms with van der Waals surface area (Å²) in [4.78, 5) is 11.7. The number of aryl methyl sites for hydroxylation is 2. The highest BCUT2D eigenvalue weighted by atomic mass is 16.3. The number of furan rings is 2. The molecule has 0 aromatic carbocycles. The van der Waals surface area contributed by atoms with Crippen molar-refractivity contribution in [3.05, 3.63) is 53.4 Å². The van der Waals surface area contributed by atoms with Gasteiger partial charge in [-0.3, -0.25) is 4.79 Å². The fourth-order valence-electron chi connectivity index (χ4n) is 2.12. The highest BCUT2D eigenvalue weighted by Gasteiger charge is 2.27. The summed E-state index contributed by atoms with van der Waals surface area (Å²) in [5.74, 6) is 1.67. The van der Waals surface area contributed by atoms with Crippen LogP contribution in [0.2, 0.25) is 0 Å². The summed E-state index contributed by atoms with van der Waals surface area (Å²) in [5, 5.41) is 13.1. The maximum Gasteiger partial charge on any atom is 0.244 e. The maximum atomic E-state index is 11.7. The SMILES string of the molecule is Cc1cc(C(C)(O)CNC(=O)C=Cc2ccco2)c(C)o1. The Kier molecular flexibility index (Phi) is 4.33. The minimum Gasteiger partial charge on any atom is -0.466 e.